The molecular weight excluding hydrogens is 320 g/mol. The number of aliphatic hydroxyl groups is 1. The van der Waals surface area contributed by atoms with Crippen LogP contribution in [0.4, 0.5) is 4.79 Å². The van der Waals surface area contributed by atoms with Crippen LogP contribution in [-0.4, -0.2) is 49.3 Å². The summed E-state index contributed by atoms with van der Waals surface area (Å²) >= 11 is 0. The quantitative estimate of drug-likeness (QED) is 0.655. The zero-order chi connectivity index (χ0) is 17.8. The molecule has 0 aromatic carbocycles. The maximum Gasteiger partial charge on any atom is 0.407 e. The first kappa shape index (κ1) is 19.6. The minimum atomic E-state index is -3.39. The second-order valence-corrected chi connectivity index (χ2v) is 9.18. The molecule has 0 saturated heterocycles. The van der Waals surface area contributed by atoms with Gasteiger partial charge >= 0.3 is 6.09 Å². The molecule has 0 bridgehead atoms. The van der Waals surface area contributed by atoms with Crippen LogP contribution in [0.25, 0.3) is 0 Å². The highest BCUT2D eigenvalue weighted by molar-refractivity contribution is 7.92. The van der Waals surface area contributed by atoms with Gasteiger partial charge in [-0.25, -0.2) is 13.2 Å². The number of allylic oxidation sites excluding steroid dienone is 1. The molecule has 3 N–H and O–H groups in total. The molecular formula is C15H28N2O5S. The predicted molar refractivity (Wildman–Crippen MR) is 89.0 cm³/mol. The van der Waals surface area contributed by atoms with Crippen LogP contribution in [0.3, 0.4) is 0 Å². The van der Waals surface area contributed by atoms with E-state index in [1.165, 1.54) is 6.92 Å². The van der Waals surface area contributed by atoms with E-state index in [0.717, 1.165) is 0 Å². The van der Waals surface area contributed by atoms with Gasteiger partial charge in [-0.1, -0.05) is 0 Å². The van der Waals surface area contributed by atoms with Crippen molar-refractivity contribution in [2.24, 2.45) is 0 Å². The van der Waals surface area contributed by atoms with Crippen LogP contribution in [0.5, 0.6) is 0 Å². The van der Waals surface area contributed by atoms with E-state index < -0.39 is 26.8 Å². The number of sulfone groups is 1. The van der Waals surface area contributed by atoms with E-state index in [2.05, 4.69) is 10.6 Å². The van der Waals surface area contributed by atoms with Crippen LogP contribution in [0.15, 0.2) is 11.5 Å². The fourth-order valence-electron chi connectivity index (χ4n) is 2.55. The molecule has 0 unspecified atom stereocenters. The van der Waals surface area contributed by atoms with Gasteiger partial charge in [-0.2, -0.15) is 0 Å². The summed E-state index contributed by atoms with van der Waals surface area (Å²) in [5, 5.41) is 14.4. The lowest BCUT2D eigenvalue weighted by molar-refractivity contribution is 0.0505. The van der Waals surface area contributed by atoms with Crippen molar-refractivity contribution in [2.45, 2.75) is 63.9 Å². The maximum absolute atomic E-state index is 12.4. The van der Waals surface area contributed by atoms with E-state index in [0.29, 0.717) is 25.0 Å². The SMILES string of the molecule is CN/C(CS(=O)(=O)[C@H]1CC[C@H](NC(=O)OC(C)(C)C)C1)=C(/C)O. The van der Waals surface area contributed by atoms with E-state index >= 15 is 0 Å². The molecule has 0 radical (unpaired) electrons. The number of hydrogen-bond acceptors (Lipinski definition) is 6. The molecule has 1 saturated carbocycles. The van der Waals surface area contributed by atoms with Crippen molar-refractivity contribution in [3.05, 3.63) is 11.5 Å². The average molecular weight is 348 g/mol. The number of carbonyl (C=O) groups excluding carboxylic acids is 1. The topological polar surface area (TPSA) is 105 Å². The highest BCUT2D eigenvalue weighted by Crippen LogP contribution is 2.27. The lowest BCUT2D eigenvalue weighted by Crippen LogP contribution is -2.38. The first-order valence-corrected chi connectivity index (χ1v) is 9.43. The summed E-state index contributed by atoms with van der Waals surface area (Å²) in [6.07, 6.45) is 0.926. The molecule has 23 heavy (non-hydrogen) atoms. The smallest absolute Gasteiger partial charge is 0.407 e. The van der Waals surface area contributed by atoms with Gasteiger partial charge < -0.3 is 20.5 Å². The van der Waals surface area contributed by atoms with Crippen molar-refractivity contribution in [1.29, 1.82) is 0 Å². The zero-order valence-corrected chi connectivity index (χ0v) is 15.3. The van der Waals surface area contributed by atoms with Crippen LogP contribution in [-0.2, 0) is 14.6 Å². The Labute approximate surface area is 138 Å². The summed E-state index contributed by atoms with van der Waals surface area (Å²) in [6.45, 7) is 6.77. The van der Waals surface area contributed by atoms with Gasteiger partial charge in [0.1, 0.15) is 11.4 Å². The molecule has 1 aliphatic rings. The number of hydrogen-bond donors (Lipinski definition) is 3. The Balaban J connectivity index is 2.63. The second kappa shape index (κ2) is 7.42. The highest BCUT2D eigenvalue weighted by Gasteiger charge is 2.36. The number of carbonyl (C=O) groups is 1. The third-order valence-corrected chi connectivity index (χ3v) is 5.83. The average Bonchev–Trinajstić information content (AvgIpc) is 2.82. The first-order valence-electron chi connectivity index (χ1n) is 7.72. The van der Waals surface area contributed by atoms with E-state index in [1.807, 2.05) is 0 Å². The molecule has 1 aliphatic carbocycles. The third kappa shape index (κ3) is 6.29. The number of rotatable bonds is 5. The fourth-order valence-corrected chi connectivity index (χ4v) is 4.56. The monoisotopic (exact) mass is 348 g/mol. The van der Waals surface area contributed by atoms with Gasteiger partial charge in [-0.3, -0.25) is 0 Å². The molecule has 1 fully saturated rings. The summed E-state index contributed by atoms with van der Waals surface area (Å²) in [5.41, 5.74) is -0.284. The largest absolute Gasteiger partial charge is 0.511 e. The van der Waals surface area contributed by atoms with Crippen molar-refractivity contribution in [3.8, 4) is 0 Å². The van der Waals surface area contributed by atoms with Gasteiger partial charge in [0.25, 0.3) is 0 Å². The Morgan fingerprint density at radius 3 is 2.39 bits per heavy atom. The van der Waals surface area contributed by atoms with Gasteiger partial charge in [-0.15, -0.1) is 0 Å². The van der Waals surface area contributed by atoms with Gasteiger partial charge in [0.05, 0.1) is 16.7 Å². The predicted octanol–water partition coefficient (Wildman–Crippen LogP) is 1.86. The van der Waals surface area contributed by atoms with Gasteiger partial charge in [0.15, 0.2) is 9.84 Å². The molecule has 134 valence electrons. The van der Waals surface area contributed by atoms with Crippen LogP contribution in [0.1, 0.15) is 47.0 Å². The molecule has 0 aromatic heterocycles. The molecule has 8 heteroatoms. The molecule has 0 aromatic rings. The normalized spacial score (nSPS) is 23.2. The highest BCUT2D eigenvalue weighted by atomic mass is 32.2. The molecule has 1 amide bonds. The van der Waals surface area contributed by atoms with Crippen molar-refractivity contribution in [3.63, 3.8) is 0 Å². The van der Waals surface area contributed by atoms with Crippen molar-refractivity contribution >= 4 is 15.9 Å². The van der Waals surface area contributed by atoms with E-state index in [9.17, 15) is 18.3 Å². The minimum absolute atomic E-state index is 0.0301. The lowest BCUT2D eigenvalue weighted by atomic mass is 10.2. The molecule has 2 atom stereocenters. The van der Waals surface area contributed by atoms with Gasteiger partial charge in [0.2, 0.25) is 0 Å². The first-order chi connectivity index (χ1) is 10.4. The van der Waals surface area contributed by atoms with Crippen molar-refractivity contribution in [1.82, 2.24) is 10.6 Å². The molecule has 0 spiro atoms. The molecule has 7 nitrogen and oxygen atoms in total. The Hall–Kier alpha value is -1.44. The Morgan fingerprint density at radius 2 is 1.91 bits per heavy atom. The summed E-state index contributed by atoms with van der Waals surface area (Å²) in [7, 11) is -1.82. The van der Waals surface area contributed by atoms with E-state index in [4.69, 9.17) is 4.74 Å². The van der Waals surface area contributed by atoms with Crippen LogP contribution in [0.2, 0.25) is 0 Å². The summed E-state index contributed by atoms with van der Waals surface area (Å²) in [6, 6.07) is -0.207. The number of nitrogens with one attached hydrogen (secondary N) is 2. The summed E-state index contributed by atoms with van der Waals surface area (Å²) < 4.78 is 30.1. The third-order valence-electron chi connectivity index (χ3n) is 3.70. The molecule has 0 aliphatic heterocycles. The zero-order valence-electron chi connectivity index (χ0n) is 14.5. The molecule has 1 rings (SSSR count). The standard InChI is InChI=1S/C15H28N2O5S/c1-10(18)13(16-5)9-23(20,21)12-7-6-11(8-12)17-14(19)22-15(2,3)4/h11-12,16,18H,6-9H2,1-5H3,(H,17,19)/b13-10-/t11-,12-/m0/s1. The minimum Gasteiger partial charge on any atom is -0.511 e. The van der Waals surface area contributed by atoms with Crippen molar-refractivity contribution < 1.29 is 23.1 Å². The van der Waals surface area contributed by atoms with E-state index in [1.54, 1.807) is 27.8 Å². The number of amides is 1. The molecule has 0 heterocycles. The van der Waals surface area contributed by atoms with Crippen LogP contribution >= 0.6 is 0 Å². The Bertz CT molecular complexity index is 559. The summed E-state index contributed by atoms with van der Waals surface area (Å²) in [5.74, 6) is -0.257. The maximum atomic E-state index is 12.4. The number of alkyl carbamates (subject to hydrolysis) is 1. The Kier molecular flexibility index (Phi) is 6.33. The lowest BCUT2D eigenvalue weighted by Gasteiger charge is -2.21. The Morgan fingerprint density at radius 1 is 1.30 bits per heavy atom. The number of ether oxygens (including phenoxy) is 1. The number of aliphatic hydroxyl groups excluding tert-OH is 1. The fraction of sp³-hybridized carbons (Fsp3) is 0.800. The van der Waals surface area contributed by atoms with Gasteiger partial charge in [0, 0.05) is 13.1 Å². The summed E-state index contributed by atoms with van der Waals surface area (Å²) in [4.78, 5) is 11.8. The van der Waals surface area contributed by atoms with Crippen LogP contribution in [0, 0.1) is 0 Å². The second-order valence-electron chi connectivity index (χ2n) is 6.90. The van der Waals surface area contributed by atoms with Crippen LogP contribution < -0.4 is 10.6 Å². The van der Waals surface area contributed by atoms with Gasteiger partial charge in [-0.05, 0) is 47.0 Å². The van der Waals surface area contributed by atoms with Crippen molar-refractivity contribution in [2.75, 3.05) is 12.8 Å². The van der Waals surface area contributed by atoms with E-state index in [-0.39, 0.29) is 17.6 Å².